The van der Waals surface area contributed by atoms with E-state index in [2.05, 4.69) is 5.32 Å². The Labute approximate surface area is 207 Å². The van der Waals surface area contributed by atoms with Crippen LogP contribution in [0.1, 0.15) is 39.2 Å². The first-order chi connectivity index (χ1) is 16.4. The van der Waals surface area contributed by atoms with Gasteiger partial charge in [0, 0.05) is 31.1 Å². The Morgan fingerprint density at radius 3 is 2.23 bits per heavy atom. The van der Waals surface area contributed by atoms with E-state index in [9.17, 15) is 22.4 Å². The van der Waals surface area contributed by atoms with Crippen LogP contribution in [0.2, 0.25) is 0 Å². The molecule has 2 amide bonds. The molecule has 8 nitrogen and oxygen atoms in total. The standard InChI is InChI=1S/C25H34FN3O5S/c1-18(2)27-25(31)19(3)28(17-20-9-6-7-10-23(20)26)24(30)11-8-16-29(35(5,32)33)21-12-14-22(34-4)15-13-21/h6-7,9-10,12-15,18-19H,8,11,16-17H2,1-5H3,(H,27,31)/t19-/m1/s1. The van der Waals surface area contributed by atoms with Gasteiger partial charge in [-0.1, -0.05) is 18.2 Å². The number of carbonyl (C=O) groups is 2. The van der Waals surface area contributed by atoms with Crippen molar-refractivity contribution in [2.75, 3.05) is 24.2 Å². The molecule has 0 bridgehead atoms. The largest absolute Gasteiger partial charge is 0.497 e. The number of sulfonamides is 1. The second-order valence-electron chi connectivity index (χ2n) is 8.59. The molecule has 0 fully saturated rings. The molecule has 0 aliphatic rings. The summed E-state index contributed by atoms with van der Waals surface area (Å²) in [5.74, 6) is -0.595. The molecular weight excluding hydrogens is 473 g/mol. The number of methoxy groups -OCH3 is 1. The molecule has 0 aliphatic carbocycles. The molecule has 2 aromatic rings. The van der Waals surface area contributed by atoms with Crippen molar-refractivity contribution in [3.63, 3.8) is 0 Å². The van der Waals surface area contributed by atoms with Crippen LogP contribution < -0.4 is 14.4 Å². The molecule has 2 rings (SSSR count). The van der Waals surface area contributed by atoms with Gasteiger partial charge in [-0.05, 0) is 57.5 Å². The Kier molecular flexibility index (Phi) is 10.1. The van der Waals surface area contributed by atoms with Crippen molar-refractivity contribution < 1.29 is 27.1 Å². The average Bonchev–Trinajstić information content (AvgIpc) is 2.79. The summed E-state index contributed by atoms with van der Waals surface area (Å²) in [6.07, 6.45) is 1.29. The van der Waals surface area contributed by atoms with Gasteiger partial charge < -0.3 is 15.0 Å². The van der Waals surface area contributed by atoms with E-state index in [1.54, 1.807) is 49.4 Å². The lowest BCUT2D eigenvalue weighted by Gasteiger charge is -2.30. The van der Waals surface area contributed by atoms with E-state index >= 15 is 0 Å². The summed E-state index contributed by atoms with van der Waals surface area (Å²) in [5.41, 5.74) is 0.745. The molecule has 2 aromatic carbocycles. The molecule has 10 heteroatoms. The van der Waals surface area contributed by atoms with Crippen LogP contribution in [0.3, 0.4) is 0 Å². The van der Waals surface area contributed by atoms with Gasteiger partial charge in [0.25, 0.3) is 0 Å². The van der Waals surface area contributed by atoms with Crippen LogP contribution >= 0.6 is 0 Å². The first kappa shape index (κ1) is 28.1. The minimum absolute atomic E-state index is 0.0179. The highest BCUT2D eigenvalue weighted by molar-refractivity contribution is 7.92. The number of hydrogen-bond donors (Lipinski definition) is 1. The number of anilines is 1. The fraction of sp³-hybridized carbons (Fsp3) is 0.440. The minimum atomic E-state index is -3.60. The number of hydrogen-bond acceptors (Lipinski definition) is 5. The van der Waals surface area contributed by atoms with Crippen LogP contribution in [0.15, 0.2) is 48.5 Å². The first-order valence-electron chi connectivity index (χ1n) is 11.4. The summed E-state index contributed by atoms with van der Waals surface area (Å²) >= 11 is 0. The number of ether oxygens (including phenoxy) is 1. The fourth-order valence-corrected chi connectivity index (χ4v) is 4.52. The zero-order chi connectivity index (χ0) is 26.2. The zero-order valence-electron chi connectivity index (χ0n) is 20.8. The summed E-state index contributed by atoms with van der Waals surface area (Å²) in [4.78, 5) is 27.1. The Morgan fingerprint density at radius 1 is 1.06 bits per heavy atom. The Morgan fingerprint density at radius 2 is 1.69 bits per heavy atom. The lowest BCUT2D eigenvalue weighted by Crippen LogP contribution is -2.49. The maximum Gasteiger partial charge on any atom is 0.242 e. The molecule has 1 atom stereocenters. The lowest BCUT2D eigenvalue weighted by molar-refractivity contribution is -0.140. The SMILES string of the molecule is COc1ccc(N(CCCC(=O)N(Cc2ccccc2F)[C@H](C)C(=O)NC(C)C)S(C)(=O)=O)cc1. The predicted octanol–water partition coefficient (Wildman–Crippen LogP) is 3.32. The molecule has 0 unspecified atom stereocenters. The highest BCUT2D eigenvalue weighted by Crippen LogP contribution is 2.22. The van der Waals surface area contributed by atoms with Crippen molar-refractivity contribution in [1.29, 1.82) is 0 Å². The van der Waals surface area contributed by atoms with Crippen LogP contribution in [-0.4, -0.2) is 57.1 Å². The number of nitrogens with zero attached hydrogens (tertiary/aromatic N) is 2. The number of benzene rings is 2. The van der Waals surface area contributed by atoms with Gasteiger partial charge in [-0.15, -0.1) is 0 Å². The zero-order valence-corrected chi connectivity index (χ0v) is 21.6. The summed E-state index contributed by atoms with van der Waals surface area (Å²) in [6, 6.07) is 11.7. The number of halogens is 1. The fourth-order valence-electron chi connectivity index (χ4n) is 3.55. The van der Waals surface area contributed by atoms with E-state index in [4.69, 9.17) is 4.74 Å². The second kappa shape index (κ2) is 12.5. The van der Waals surface area contributed by atoms with Crippen molar-refractivity contribution in [3.05, 3.63) is 59.9 Å². The van der Waals surface area contributed by atoms with E-state index in [-0.39, 0.29) is 43.8 Å². The van der Waals surface area contributed by atoms with Crippen LogP contribution in [0.4, 0.5) is 10.1 Å². The third-order valence-corrected chi connectivity index (χ3v) is 6.60. The van der Waals surface area contributed by atoms with Crippen LogP contribution in [0.25, 0.3) is 0 Å². The van der Waals surface area contributed by atoms with Crippen LogP contribution in [0, 0.1) is 5.82 Å². The van der Waals surface area contributed by atoms with Crippen LogP contribution in [-0.2, 0) is 26.2 Å². The van der Waals surface area contributed by atoms with Crippen LogP contribution in [0.5, 0.6) is 5.75 Å². The van der Waals surface area contributed by atoms with Crippen molar-refractivity contribution >= 4 is 27.5 Å². The molecule has 0 saturated heterocycles. The highest BCUT2D eigenvalue weighted by atomic mass is 32.2. The number of rotatable bonds is 12. The Balaban J connectivity index is 2.17. The topological polar surface area (TPSA) is 96.0 Å². The van der Waals surface area contributed by atoms with Crippen molar-refractivity contribution in [1.82, 2.24) is 10.2 Å². The third kappa shape index (κ3) is 8.24. The van der Waals surface area contributed by atoms with Crippen molar-refractivity contribution in [2.24, 2.45) is 0 Å². The van der Waals surface area contributed by atoms with Gasteiger partial charge in [-0.2, -0.15) is 0 Å². The summed E-state index contributed by atoms with van der Waals surface area (Å²) in [6.45, 7) is 5.21. The third-order valence-electron chi connectivity index (χ3n) is 5.41. The van der Waals surface area contributed by atoms with E-state index in [0.717, 1.165) is 6.26 Å². The molecule has 0 aromatic heterocycles. The quantitative estimate of drug-likeness (QED) is 0.476. The molecule has 0 aliphatic heterocycles. The molecule has 35 heavy (non-hydrogen) atoms. The summed E-state index contributed by atoms with van der Waals surface area (Å²) in [5, 5.41) is 2.78. The summed E-state index contributed by atoms with van der Waals surface area (Å²) < 4.78 is 45.4. The van der Waals surface area contributed by atoms with E-state index in [1.807, 2.05) is 13.8 Å². The Bertz CT molecular complexity index is 1110. The average molecular weight is 508 g/mol. The molecule has 0 radical (unpaired) electrons. The lowest BCUT2D eigenvalue weighted by atomic mass is 10.1. The van der Waals surface area contributed by atoms with Gasteiger partial charge in [-0.25, -0.2) is 12.8 Å². The molecule has 1 N–H and O–H groups in total. The molecule has 0 heterocycles. The predicted molar refractivity (Wildman–Crippen MR) is 134 cm³/mol. The van der Waals surface area contributed by atoms with Gasteiger partial charge in [0.2, 0.25) is 21.8 Å². The molecule has 0 spiro atoms. The van der Waals surface area contributed by atoms with Gasteiger partial charge in [0.15, 0.2) is 0 Å². The molecule has 0 saturated carbocycles. The summed E-state index contributed by atoms with van der Waals surface area (Å²) in [7, 11) is -2.08. The maximum atomic E-state index is 14.3. The number of nitrogens with one attached hydrogen (secondary N) is 1. The maximum absolute atomic E-state index is 14.3. The van der Waals surface area contributed by atoms with Gasteiger partial charge in [-0.3, -0.25) is 13.9 Å². The van der Waals surface area contributed by atoms with Crippen molar-refractivity contribution in [2.45, 2.75) is 52.2 Å². The van der Waals surface area contributed by atoms with E-state index in [0.29, 0.717) is 17.0 Å². The monoisotopic (exact) mass is 507 g/mol. The van der Waals surface area contributed by atoms with Gasteiger partial charge in [0.05, 0.1) is 19.1 Å². The number of carbonyl (C=O) groups excluding carboxylic acids is 2. The smallest absolute Gasteiger partial charge is 0.242 e. The second-order valence-corrected chi connectivity index (χ2v) is 10.5. The van der Waals surface area contributed by atoms with Gasteiger partial charge >= 0.3 is 0 Å². The van der Waals surface area contributed by atoms with E-state index < -0.39 is 21.9 Å². The van der Waals surface area contributed by atoms with E-state index in [1.165, 1.54) is 22.4 Å². The minimum Gasteiger partial charge on any atom is -0.497 e. The Hall–Kier alpha value is -3.14. The van der Waals surface area contributed by atoms with Gasteiger partial charge in [0.1, 0.15) is 17.6 Å². The first-order valence-corrected chi connectivity index (χ1v) is 13.2. The molecular formula is C25H34FN3O5S. The number of amides is 2. The van der Waals surface area contributed by atoms with Crippen molar-refractivity contribution in [3.8, 4) is 5.75 Å². The molecule has 192 valence electrons. The normalized spacial score (nSPS) is 12.2. The highest BCUT2D eigenvalue weighted by Gasteiger charge is 2.27.